The Bertz CT molecular complexity index is 2480. The zero-order valence-electron chi connectivity index (χ0n) is 32.5. The Morgan fingerprint density at radius 1 is 1.11 bits per heavy atom. The largest absolute Gasteiger partial charge is 0.490 e. The van der Waals surface area contributed by atoms with Crippen LogP contribution in [0.4, 0.5) is 17.5 Å². The van der Waals surface area contributed by atoms with Crippen LogP contribution in [0.15, 0.2) is 47.5 Å². The van der Waals surface area contributed by atoms with Gasteiger partial charge in [0, 0.05) is 61.9 Å². The molecule has 17 heteroatoms. The first kappa shape index (κ1) is 38.1. The van der Waals surface area contributed by atoms with Gasteiger partial charge in [0.15, 0.2) is 18.2 Å². The van der Waals surface area contributed by atoms with Crippen LogP contribution in [0.2, 0.25) is 5.02 Å². The lowest BCUT2D eigenvalue weighted by Gasteiger charge is -2.55. The normalized spacial score (nSPS) is 20.5. The van der Waals surface area contributed by atoms with Crippen LogP contribution in [0, 0.1) is 11.3 Å². The van der Waals surface area contributed by atoms with E-state index in [1.165, 1.54) is 11.6 Å². The molecule has 3 fully saturated rings. The monoisotopic (exact) mass is 796 g/mol. The molecule has 2 saturated heterocycles. The van der Waals surface area contributed by atoms with Gasteiger partial charge in [-0.1, -0.05) is 18.5 Å². The van der Waals surface area contributed by atoms with Crippen molar-refractivity contribution in [3.63, 3.8) is 0 Å². The summed E-state index contributed by atoms with van der Waals surface area (Å²) in [5.41, 5.74) is 2.41. The summed E-state index contributed by atoms with van der Waals surface area (Å²) in [5.74, 6) is 0.791. The molecule has 298 valence electrons. The summed E-state index contributed by atoms with van der Waals surface area (Å²) in [6.45, 7) is 7.36. The van der Waals surface area contributed by atoms with Gasteiger partial charge in [-0.25, -0.2) is 9.97 Å². The number of anilines is 3. The highest BCUT2D eigenvalue weighted by Gasteiger charge is 2.49. The number of imide groups is 1. The number of amides is 3. The van der Waals surface area contributed by atoms with Crippen molar-refractivity contribution in [3.05, 3.63) is 63.8 Å². The first-order chi connectivity index (χ1) is 27.3. The van der Waals surface area contributed by atoms with Crippen LogP contribution in [-0.4, -0.2) is 79.9 Å². The number of aromatic nitrogens is 6. The van der Waals surface area contributed by atoms with E-state index in [2.05, 4.69) is 42.8 Å². The number of fused-ring (bicyclic) bond motifs is 2. The number of carbonyl (C=O) groups excluding carboxylic acids is 3. The zero-order chi connectivity index (χ0) is 40.2. The van der Waals surface area contributed by atoms with Crippen LogP contribution in [-0.2, 0) is 21.4 Å². The van der Waals surface area contributed by atoms with Crippen LogP contribution < -0.4 is 35.9 Å². The molecule has 0 radical (unpaired) electrons. The third-order valence-corrected chi connectivity index (χ3v) is 11.7. The van der Waals surface area contributed by atoms with E-state index in [1.807, 2.05) is 45.2 Å². The second kappa shape index (κ2) is 15.0. The van der Waals surface area contributed by atoms with E-state index in [1.54, 1.807) is 23.1 Å². The molecule has 3 N–H and O–H groups in total. The Kier molecular flexibility index (Phi) is 10.0. The van der Waals surface area contributed by atoms with Gasteiger partial charge in [0.25, 0.3) is 11.5 Å². The number of rotatable bonds is 10. The summed E-state index contributed by atoms with van der Waals surface area (Å²) in [6.07, 6.45) is 6.93. The van der Waals surface area contributed by atoms with Gasteiger partial charge in [-0.2, -0.15) is 10.1 Å². The zero-order valence-corrected chi connectivity index (χ0v) is 33.2. The highest BCUT2D eigenvalue weighted by Crippen LogP contribution is 2.48. The van der Waals surface area contributed by atoms with Crippen LogP contribution in [0.5, 0.6) is 11.5 Å². The average molecular weight is 797 g/mol. The van der Waals surface area contributed by atoms with Gasteiger partial charge >= 0.3 is 0 Å². The number of likely N-dealkylation sites (N-methyl/N-ethyl adjacent to an activating group) is 1. The Balaban J connectivity index is 0.918. The topological polar surface area (TPSA) is 187 Å². The van der Waals surface area contributed by atoms with Crippen molar-refractivity contribution in [3.8, 4) is 11.5 Å². The molecular weight excluding hydrogens is 752 g/mol. The van der Waals surface area contributed by atoms with Crippen LogP contribution >= 0.6 is 11.6 Å². The summed E-state index contributed by atoms with van der Waals surface area (Å²) in [4.78, 5) is 65.4. The predicted octanol–water partition coefficient (Wildman–Crippen LogP) is 4.77. The Morgan fingerprint density at radius 3 is 2.65 bits per heavy atom. The second-order valence-corrected chi connectivity index (χ2v) is 16.2. The van der Waals surface area contributed by atoms with Crippen molar-refractivity contribution in [2.24, 2.45) is 18.4 Å². The Labute approximate surface area is 333 Å². The van der Waals surface area contributed by atoms with Gasteiger partial charge in [0.2, 0.25) is 17.8 Å². The first-order valence-electron chi connectivity index (χ1n) is 19.2. The van der Waals surface area contributed by atoms with Crippen molar-refractivity contribution >= 4 is 68.7 Å². The minimum atomic E-state index is -0.455. The lowest BCUT2D eigenvalue weighted by molar-refractivity contribution is -0.134. The number of nitrogens with zero attached hydrogens (tertiary/aromatic N) is 7. The standard InChI is InChI=1S/C40H45ClN10O6/c1-21(2)51-36-23(13-31(38(51)55)56-18-33(53)42-4)12-24(16-43-36)45-35-28(41)17-44-39(47-35)50-19-40(20-50)11-10-30(22(3)15-40)57-25-6-7-26-29(14-25)49(5)48-34(26)27-8-9-32(52)46-37(27)54/h6-7,12-14,16-17,21-22,27,30H,8-11,15,18-20H2,1-5H3,(H,42,53)(H,44,45,47)(H,46,52,54)/t22-,27?,30-/m0/s1. The molecule has 4 aromatic heterocycles. The summed E-state index contributed by atoms with van der Waals surface area (Å²) in [6, 6.07) is 9.12. The summed E-state index contributed by atoms with van der Waals surface area (Å²) >= 11 is 6.58. The fraction of sp³-hybridized carbons (Fsp3) is 0.450. The minimum Gasteiger partial charge on any atom is -0.490 e. The molecule has 8 rings (SSSR count). The lowest BCUT2D eigenvalue weighted by Crippen LogP contribution is -2.60. The maximum atomic E-state index is 13.2. The molecule has 3 aliphatic rings. The number of pyridine rings is 2. The molecule has 1 spiro atoms. The van der Waals surface area contributed by atoms with Crippen LogP contribution in [0.3, 0.4) is 0 Å². The molecule has 6 heterocycles. The number of aryl methyl sites for hydroxylation is 1. The predicted molar refractivity (Wildman–Crippen MR) is 214 cm³/mol. The fourth-order valence-electron chi connectivity index (χ4n) is 8.54. The summed E-state index contributed by atoms with van der Waals surface area (Å²) < 4.78 is 15.5. The minimum absolute atomic E-state index is 0.0519. The third kappa shape index (κ3) is 7.33. The second-order valence-electron chi connectivity index (χ2n) is 15.8. The molecule has 0 bridgehead atoms. The van der Waals surface area contributed by atoms with E-state index in [-0.39, 0.29) is 53.2 Å². The molecule has 1 unspecified atom stereocenters. The molecule has 1 aromatic carbocycles. The number of ether oxygens (including phenoxy) is 2. The number of nitrogens with one attached hydrogen (secondary N) is 3. The van der Waals surface area contributed by atoms with Crippen molar-refractivity contribution in [1.82, 2.24) is 39.9 Å². The molecule has 3 amide bonds. The van der Waals surface area contributed by atoms with E-state index in [9.17, 15) is 19.2 Å². The number of halogens is 1. The Hall–Kier alpha value is -5.77. The molecule has 57 heavy (non-hydrogen) atoms. The summed E-state index contributed by atoms with van der Waals surface area (Å²) in [5, 5.41) is 14.7. The van der Waals surface area contributed by atoms with E-state index >= 15 is 0 Å². The van der Waals surface area contributed by atoms with Gasteiger partial charge in [-0.05, 0) is 69.7 Å². The molecule has 5 aromatic rings. The van der Waals surface area contributed by atoms with Gasteiger partial charge in [0.05, 0.1) is 35.2 Å². The fourth-order valence-corrected chi connectivity index (χ4v) is 8.68. The maximum absolute atomic E-state index is 13.2. The van der Waals surface area contributed by atoms with Crippen molar-refractivity contribution in [1.29, 1.82) is 0 Å². The smallest absolute Gasteiger partial charge is 0.294 e. The average Bonchev–Trinajstić information content (AvgIpc) is 3.49. The summed E-state index contributed by atoms with van der Waals surface area (Å²) in [7, 11) is 3.36. The molecule has 16 nitrogen and oxygen atoms in total. The number of piperidine rings is 1. The quantitative estimate of drug-likeness (QED) is 0.165. The van der Waals surface area contributed by atoms with Gasteiger partial charge in [-0.15, -0.1) is 0 Å². The van der Waals surface area contributed by atoms with Gasteiger partial charge < -0.3 is 25.0 Å². The van der Waals surface area contributed by atoms with Crippen molar-refractivity contribution in [2.45, 2.75) is 70.9 Å². The molecule has 3 atom stereocenters. The molecule has 1 saturated carbocycles. The Morgan fingerprint density at radius 2 is 1.91 bits per heavy atom. The molecule has 1 aliphatic carbocycles. The highest BCUT2D eigenvalue weighted by molar-refractivity contribution is 6.33. The highest BCUT2D eigenvalue weighted by atomic mass is 35.5. The van der Waals surface area contributed by atoms with Crippen LogP contribution in [0.1, 0.15) is 70.5 Å². The van der Waals surface area contributed by atoms with E-state index in [0.717, 1.165) is 49.0 Å². The van der Waals surface area contributed by atoms with Crippen LogP contribution in [0.25, 0.3) is 21.9 Å². The van der Waals surface area contributed by atoms with Crippen molar-refractivity contribution in [2.75, 3.05) is 37.0 Å². The van der Waals surface area contributed by atoms with Gasteiger partial charge in [-0.3, -0.25) is 33.7 Å². The third-order valence-electron chi connectivity index (χ3n) is 11.4. The van der Waals surface area contributed by atoms with Gasteiger partial charge in [0.1, 0.15) is 22.5 Å². The van der Waals surface area contributed by atoms with E-state index in [4.69, 9.17) is 26.1 Å². The molecule has 2 aliphatic heterocycles. The SMILES string of the molecule is CNC(=O)COc1cc2cc(Nc3nc(N4CC5(CC[C@H](Oc6ccc7c(C8CCC(=O)NC8=O)nn(C)c7c6)[C@@H](C)C5)C4)ncc3Cl)cnc2n(C(C)C)c1=O. The van der Waals surface area contributed by atoms with E-state index in [0.29, 0.717) is 58.0 Å². The number of benzene rings is 1. The first-order valence-corrected chi connectivity index (χ1v) is 19.6. The number of hydrogen-bond donors (Lipinski definition) is 3. The maximum Gasteiger partial charge on any atom is 0.294 e. The number of carbonyl (C=O) groups is 3. The number of hydrogen-bond acceptors (Lipinski definition) is 12. The van der Waals surface area contributed by atoms with Crippen molar-refractivity contribution < 1.29 is 23.9 Å². The lowest BCUT2D eigenvalue weighted by atomic mass is 9.64. The molecular formula is C40H45ClN10O6. The van der Waals surface area contributed by atoms with E-state index < -0.39 is 5.92 Å².